The smallest absolute Gasteiger partial charge is 0.251 e. The van der Waals surface area contributed by atoms with Crippen molar-refractivity contribution in [1.29, 1.82) is 0 Å². The van der Waals surface area contributed by atoms with Crippen LogP contribution in [0.4, 0.5) is 0 Å². The number of carbonyl (C=O) groups excluding carboxylic acids is 1. The van der Waals surface area contributed by atoms with Crippen molar-refractivity contribution in [2.75, 3.05) is 14.2 Å². The van der Waals surface area contributed by atoms with Gasteiger partial charge >= 0.3 is 0 Å². The molecule has 110 valence electrons. The number of hydrogen-bond acceptors (Lipinski definition) is 4. The average Bonchev–Trinajstić information content (AvgIpc) is 2.54. The maximum atomic E-state index is 12.3. The Morgan fingerprint density at radius 1 is 1.14 bits per heavy atom. The summed E-state index contributed by atoms with van der Waals surface area (Å²) < 4.78 is 10.4. The van der Waals surface area contributed by atoms with Crippen molar-refractivity contribution in [2.24, 2.45) is 0 Å². The highest BCUT2D eigenvalue weighted by Gasteiger charge is 2.14. The Morgan fingerprint density at radius 3 is 2.52 bits per heavy atom. The Hall–Kier alpha value is -2.56. The number of nitrogens with zero attached hydrogens (tertiary/aromatic N) is 1. The third kappa shape index (κ3) is 3.51. The Kier molecular flexibility index (Phi) is 4.77. The van der Waals surface area contributed by atoms with Gasteiger partial charge in [-0.3, -0.25) is 9.78 Å². The number of pyridine rings is 1. The van der Waals surface area contributed by atoms with Gasteiger partial charge in [0.25, 0.3) is 5.91 Å². The molecule has 0 aliphatic carbocycles. The molecule has 2 rings (SSSR count). The van der Waals surface area contributed by atoms with Crippen LogP contribution in [0.5, 0.6) is 11.5 Å². The van der Waals surface area contributed by atoms with Crippen molar-refractivity contribution < 1.29 is 14.3 Å². The second kappa shape index (κ2) is 6.74. The summed E-state index contributed by atoms with van der Waals surface area (Å²) >= 11 is 0. The van der Waals surface area contributed by atoms with Gasteiger partial charge in [0, 0.05) is 11.8 Å². The van der Waals surface area contributed by atoms with Gasteiger partial charge < -0.3 is 14.8 Å². The molecule has 0 bridgehead atoms. The maximum Gasteiger partial charge on any atom is 0.251 e. The second-order valence-electron chi connectivity index (χ2n) is 4.52. The largest absolute Gasteiger partial charge is 0.493 e. The van der Waals surface area contributed by atoms with E-state index in [-0.39, 0.29) is 11.9 Å². The van der Waals surface area contributed by atoms with Crippen molar-refractivity contribution in [3.8, 4) is 11.5 Å². The molecule has 5 nitrogen and oxygen atoms in total. The van der Waals surface area contributed by atoms with Crippen LogP contribution in [0.3, 0.4) is 0 Å². The highest BCUT2D eigenvalue weighted by Crippen LogP contribution is 2.27. The number of methoxy groups -OCH3 is 2. The summed E-state index contributed by atoms with van der Waals surface area (Å²) in [4.78, 5) is 16.5. The molecule has 0 saturated carbocycles. The summed E-state index contributed by atoms with van der Waals surface area (Å²) in [6.45, 7) is 1.89. The SMILES string of the molecule is COc1ccc(C(=O)N[C@H](C)c2ccccn2)cc1OC. The van der Waals surface area contributed by atoms with Crippen molar-refractivity contribution in [3.05, 3.63) is 53.9 Å². The number of amides is 1. The van der Waals surface area contributed by atoms with Gasteiger partial charge in [0.1, 0.15) is 0 Å². The van der Waals surface area contributed by atoms with Crippen LogP contribution in [0.1, 0.15) is 29.0 Å². The Bertz CT molecular complexity index is 614. The minimum Gasteiger partial charge on any atom is -0.493 e. The topological polar surface area (TPSA) is 60.5 Å². The van der Waals surface area contributed by atoms with E-state index in [4.69, 9.17) is 9.47 Å². The summed E-state index contributed by atoms with van der Waals surface area (Å²) in [6.07, 6.45) is 1.70. The van der Waals surface area contributed by atoms with E-state index >= 15 is 0 Å². The number of rotatable bonds is 5. The lowest BCUT2D eigenvalue weighted by molar-refractivity contribution is 0.0938. The van der Waals surface area contributed by atoms with E-state index < -0.39 is 0 Å². The number of nitrogens with one attached hydrogen (secondary N) is 1. The summed E-state index contributed by atoms with van der Waals surface area (Å²) in [5.41, 5.74) is 1.32. The third-order valence-corrected chi connectivity index (χ3v) is 3.12. The van der Waals surface area contributed by atoms with E-state index in [9.17, 15) is 4.79 Å². The molecule has 0 fully saturated rings. The monoisotopic (exact) mass is 286 g/mol. The summed E-state index contributed by atoms with van der Waals surface area (Å²) in [6, 6.07) is 10.5. The van der Waals surface area contributed by atoms with Crippen LogP contribution in [-0.4, -0.2) is 25.1 Å². The number of benzene rings is 1. The first kappa shape index (κ1) is 14.8. The average molecular weight is 286 g/mol. The summed E-state index contributed by atoms with van der Waals surface area (Å²) in [5.74, 6) is 0.927. The van der Waals surface area contributed by atoms with Crippen LogP contribution in [0.15, 0.2) is 42.6 Å². The number of aromatic nitrogens is 1. The molecule has 0 unspecified atom stereocenters. The normalized spacial score (nSPS) is 11.6. The van der Waals surface area contributed by atoms with Gasteiger partial charge in [-0.15, -0.1) is 0 Å². The zero-order valence-corrected chi connectivity index (χ0v) is 12.3. The molecule has 0 aliphatic rings. The molecule has 0 radical (unpaired) electrons. The molecule has 5 heteroatoms. The van der Waals surface area contributed by atoms with Crippen LogP contribution in [0.2, 0.25) is 0 Å². The molecule has 1 heterocycles. The van der Waals surface area contributed by atoms with E-state index in [1.54, 1.807) is 31.5 Å². The van der Waals surface area contributed by atoms with Crippen LogP contribution < -0.4 is 14.8 Å². The van der Waals surface area contributed by atoms with Crippen molar-refractivity contribution in [3.63, 3.8) is 0 Å². The number of carbonyl (C=O) groups is 1. The first-order chi connectivity index (χ1) is 10.2. The molecule has 1 amide bonds. The number of hydrogen-bond donors (Lipinski definition) is 1. The predicted octanol–water partition coefficient (Wildman–Crippen LogP) is 2.59. The van der Waals surface area contributed by atoms with E-state index in [1.807, 2.05) is 25.1 Å². The standard InChI is InChI=1S/C16H18N2O3/c1-11(13-6-4-5-9-17-13)18-16(19)12-7-8-14(20-2)15(10-12)21-3/h4-11H,1-3H3,(H,18,19)/t11-/m1/s1. The maximum absolute atomic E-state index is 12.3. The molecular weight excluding hydrogens is 268 g/mol. The third-order valence-electron chi connectivity index (χ3n) is 3.12. The lowest BCUT2D eigenvalue weighted by Crippen LogP contribution is -2.27. The molecule has 0 spiro atoms. The van der Waals surface area contributed by atoms with Gasteiger partial charge in [0.2, 0.25) is 0 Å². The van der Waals surface area contributed by atoms with Crippen molar-refractivity contribution in [2.45, 2.75) is 13.0 Å². The Labute approximate surface area is 123 Å². The Morgan fingerprint density at radius 2 is 1.90 bits per heavy atom. The van der Waals surface area contributed by atoms with Crippen LogP contribution in [0.25, 0.3) is 0 Å². The van der Waals surface area contributed by atoms with Gasteiger partial charge in [-0.2, -0.15) is 0 Å². The molecular formula is C16H18N2O3. The minimum absolute atomic E-state index is 0.174. The molecule has 0 saturated heterocycles. The fraction of sp³-hybridized carbons (Fsp3) is 0.250. The molecule has 1 aromatic carbocycles. The van der Waals surface area contributed by atoms with Crippen molar-refractivity contribution in [1.82, 2.24) is 10.3 Å². The van der Waals surface area contributed by atoms with Gasteiger partial charge in [0.05, 0.1) is 26.0 Å². The first-order valence-corrected chi connectivity index (χ1v) is 6.59. The zero-order chi connectivity index (χ0) is 15.2. The molecule has 1 atom stereocenters. The molecule has 2 aromatic rings. The molecule has 21 heavy (non-hydrogen) atoms. The first-order valence-electron chi connectivity index (χ1n) is 6.59. The number of ether oxygens (including phenoxy) is 2. The quantitative estimate of drug-likeness (QED) is 0.917. The predicted molar refractivity (Wildman–Crippen MR) is 79.7 cm³/mol. The van der Waals surface area contributed by atoms with Crippen LogP contribution in [-0.2, 0) is 0 Å². The van der Waals surface area contributed by atoms with E-state index in [2.05, 4.69) is 10.3 Å². The molecule has 0 aliphatic heterocycles. The fourth-order valence-corrected chi connectivity index (χ4v) is 1.96. The summed E-state index contributed by atoms with van der Waals surface area (Å²) in [7, 11) is 3.09. The minimum atomic E-state index is -0.186. The van der Waals surface area contributed by atoms with Gasteiger partial charge in [0.15, 0.2) is 11.5 Å². The van der Waals surface area contributed by atoms with Gasteiger partial charge in [-0.05, 0) is 37.3 Å². The van der Waals surface area contributed by atoms with Gasteiger partial charge in [-0.25, -0.2) is 0 Å². The van der Waals surface area contributed by atoms with E-state index in [0.29, 0.717) is 17.1 Å². The van der Waals surface area contributed by atoms with Gasteiger partial charge in [-0.1, -0.05) is 6.07 Å². The zero-order valence-electron chi connectivity index (χ0n) is 12.3. The highest BCUT2D eigenvalue weighted by molar-refractivity contribution is 5.95. The van der Waals surface area contributed by atoms with Crippen LogP contribution >= 0.6 is 0 Å². The highest BCUT2D eigenvalue weighted by atomic mass is 16.5. The van der Waals surface area contributed by atoms with Crippen molar-refractivity contribution >= 4 is 5.91 Å². The van der Waals surface area contributed by atoms with E-state index in [1.165, 1.54) is 7.11 Å². The van der Waals surface area contributed by atoms with Crippen LogP contribution in [0, 0.1) is 0 Å². The lowest BCUT2D eigenvalue weighted by atomic mass is 10.1. The summed E-state index contributed by atoms with van der Waals surface area (Å²) in [5, 5.41) is 2.90. The molecule has 1 N–H and O–H groups in total. The molecule has 1 aromatic heterocycles. The fourth-order valence-electron chi connectivity index (χ4n) is 1.96. The lowest BCUT2D eigenvalue weighted by Gasteiger charge is -2.14. The van der Waals surface area contributed by atoms with E-state index in [0.717, 1.165) is 5.69 Å². The second-order valence-corrected chi connectivity index (χ2v) is 4.52. The Balaban J connectivity index is 2.13.